The number of nitriles is 1. The number of rotatable bonds is 5. The summed E-state index contributed by atoms with van der Waals surface area (Å²) in [6.07, 6.45) is 4.42. The van der Waals surface area contributed by atoms with Crippen molar-refractivity contribution in [3.63, 3.8) is 0 Å². The van der Waals surface area contributed by atoms with Gasteiger partial charge in [-0.2, -0.15) is 20.0 Å². The van der Waals surface area contributed by atoms with Gasteiger partial charge in [0.25, 0.3) is 5.95 Å². The highest BCUT2D eigenvalue weighted by Gasteiger charge is 2.17. The summed E-state index contributed by atoms with van der Waals surface area (Å²) < 4.78 is 1.29. The maximum Gasteiger partial charge on any atom is 0.317 e. The smallest absolute Gasteiger partial charge is 0.317 e. The summed E-state index contributed by atoms with van der Waals surface area (Å²) in [5, 5.41) is 24.9. The van der Waals surface area contributed by atoms with Crippen molar-refractivity contribution in [3.8, 4) is 12.0 Å². The van der Waals surface area contributed by atoms with Gasteiger partial charge in [-0.1, -0.05) is 11.3 Å². The fraction of sp³-hybridized carbons (Fsp3) is 0.143. The minimum atomic E-state index is -0.775. The number of thiazole rings is 1. The van der Waals surface area contributed by atoms with E-state index in [1.165, 1.54) is 22.2 Å². The van der Waals surface area contributed by atoms with E-state index in [1.807, 2.05) is 6.07 Å². The van der Waals surface area contributed by atoms with Gasteiger partial charge >= 0.3 is 6.03 Å². The van der Waals surface area contributed by atoms with Crippen LogP contribution in [0.3, 0.4) is 0 Å². The minimum Gasteiger partial charge on any atom is -0.354 e. The average molecular weight is 383 g/mol. The Hall–Kier alpha value is -3.92. The molecule has 2 amide bonds. The molecule has 0 saturated heterocycles. The first-order valence-electron chi connectivity index (χ1n) is 7.41. The van der Waals surface area contributed by atoms with Crippen LogP contribution in [0.1, 0.15) is 5.56 Å². The van der Waals surface area contributed by atoms with Crippen molar-refractivity contribution in [1.82, 2.24) is 24.7 Å². The summed E-state index contributed by atoms with van der Waals surface area (Å²) in [4.78, 5) is 25.3. The van der Waals surface area contributed by atoms with E-state index in [9.17, 15) is 10.1 Å². The van der Waals surface area contributed by atoms with Crippen LogP contribution in [0.25, 0.3) is 5.95 Å². The second kappa shape index (κ2) is 7.54. The van der Waals surface area contributed by atoms with Crippen LogP contribution in [0.5, 0.6) is 0 Å². The predicted octanol–water partition coefficient (Wildman–Crippen LogP) is 1.96. The third kappa shape index (κ3) is 3.85. The number of urea groups is 1. The zero-order valence-corrected chi connectivity index (χ0v) is 15.0. The van der Waals surface area contributed by atoms with Crippen molar-refractivity contribution >= 4 is 39.1 Å². The van der Waals surface area contributed by atoms with E-state index >= 15 is 0 Å². The highest BCUT2D eigenvalue weighted by molar-refractivity contribution is 7.19. The number of anilines is 2. The Morgan fingerprint density at radius 3 is 2.74 bits per heavy atom. The normalized spacial score (nSPS) is 10.7. The summed E-state index contributed by atoms with van der Waals surface area (Å²) in [5.41, 5.74) is 5.36. The average Bonchev–Trinajstić information content (AvgIpc) is 3.24. The van der Waals surface area contributed by atoms with Crippen molar-refractivity contribution in [2.24, 2.45) is 16.0 Å². The maximum atomic E-state index is 11.2. The number of nitrogens with two attached hydrogens (primary N) is 1. The Bertz CT molecular complexity index is 1030. The standard InChI is InChI=1S/C14H13N11OS/c1-24(2)14-21-9(20-12(16)26)11(27-14)23-22-10-8(6-15)7-19-25(10)13-17-4-3-5-18-13/h3-5,7H,1-2H3,(H3,16,20,26)/b23-22+. The zero-order valence-electron chi connectivity index (χ0n) is 14.2. The van der Waals surface area contributed by atoms with Crippen LogP contribution < -0.4 is 16.0 Å². The quantitative estimate of drug-likeness (QED) is 0.636. The zero-order chi connectivity index (χ0) is 19.4. The van der Waals surface area contributed by atoms with E-state index in [2.05, 4.69) is 35.6 Å². The number of primary amides is 1. The fourth-order valence-electron chi connectivity index (χ4n) is 1.92. The molecule has 0 radical (unpaired) electrons. The molecule has 0 aliphatic heterocycles. The topological polar surface area (TPSA) is 163 Å². The first-order chi connectivity index (χ1) is 13.0. The van der Waals surface area contributed by atoms with E-state index in [4.69, 9.17) is 5.73 Å². The van der Waals surface area contributed by atoms with Crippen molar-refractivity contribution in [3.05, 3.63) is 30.2 Å². The van der Waals surface area contributed by atoms with E-state index in [-0.39, 0.29) is 23.1 Å². The van der Waals surface area contributed by atoms with Gasteiger partial charge in [0.15, 0.2) is 21.8 Å². The molecule has 12 nitrogen and oxygen atoms in total. The molecule has 136 valence electrons. The summed E-state index contributed by atoms with van der Waals surface area (Å²) in [6.45, 7) is 0. The molecule has 0 bridgehead atoms. The molecule has 0 saturated carbocycles. The lowest BCUT2D eigenvalue weighted by Gasteiger charge is -2.04. The number of hydrogen-bond donors (Lipinski definition) is 2. The van der Waals surface area contributed by atoms with Crippen LogP contribution in [0, 0.1) is 11.3 Å². The van der Waals surface area contributed by atoms with Gasteiger partial charge in [-0.15, -0.1) is 10.2 Å². The summed E-state index contributed by atoms with van der Waals surface area (Å²) in [5.74, 6) is 0.552. The third-order valence-corrected chi connectivity index (χ3v) is 4.17. The molecule has 3 N–H and O–H groups in total. The molecule has 3 rings (SSSR count). The molecular formula is C14H13N11OS. The molecule has 3 aromatic rings. The lowest BCUT2D eigenvalue weighted by molar-refractivity contribution is 0.259. The number of azo groups is 1. The van der Waals surface area contributed by atoms with Crippen LogP contribution in [0.4, 0.5) is 26.6 Å². The fourth-order valence-corrected chi connectivity index (χ4v) is 2.68. The molecule has 13 heteroatoms. The van der Waals surface area contributed by atoms with Crippen LogP contribution in [0.2, 0.25) is 0 Å². The van der Waals surface area contributed by atoms with Crippen molar-refractivity contribution < 1.29 is 4.79 Å². The predicted molar refractivity (Wildman–Crippen MR) is 97.7 cm³/mol. The van der Waals surface area contributed by atoms with Crippen LogP contribution in [-0.4, -0.2) is 44.9 Å². The van der Waals surface area contributed by atoms with E-state index in [1.54, 1.807) is 37.5 Å². The summed E-state index contributed by atoms with van der Waals surface area (Å²) in [7, 11) is 3.59. The number of amides is 2. The highest BCUT2D eigenvalue weighted by Crippen LogP contribution is 2.37. The number of aromatic nitrogens is 5. The van der Waals surface area contributed by atoms with Crippen molar-refractivity contribution in [1.29, 1.82) is 5.26 Å². The molecule has 3 heterocycles. The van der Waals surface area contributed by atoms with Gasteiger partial charge in [0.1, 0.15) is 11.6 Å². The highest BCUT2D eigenvalue weighted by atomic mass is 32.1. The lowest BCUT2D eigenvalue weighted by Crippen LogP contribution is -2.19. The van der Waals surface area contributed by atoms with Gasteiger partial charge in [-0.25, -0.2) is 14.8 Å². The summed E-state index contributed by atoms with van der Waals surface area (Å²) >= 11 is 1.19. The molecule has 0 fully saturated rings. The maximum absolute atomic E-state index is 11.2. The third-order valence-electron chi connectivity index (χ3n) is 3.06. The molecule has 0 spiro atoms. The van der Waals surface area contributed by atoms with Crippen LogP contribution in [-0.2, 0) is 0 Å². The molecule has 0 unspecified atom stereocenters. The van der Waals surface area contributed by atoms with Gasteiger partial charge in [0.2, 0.25) is 0 Å². The van der Waals surface area contributed by atoms with Crippen LogP contribution >= 0.6 is 11.3 Å². The number of nitrogens with zero attached hydrogens (tertiary/aromatic N) is 9. The number of nitrogens with one attached hydrogen (secondary N) is 1. The van der Waals surface area contributed by atoms with Gasteiger partial charge in [0.05, 0.1) is 6.20 Å². The molecule has 3 aromatic heterocycles. The SMILES string of the molecule is CN(C)c1nc(NC(N)=O)c(/N=N/c2c(C#N)cnn2-c2ncccn2)s1. The van der Waals surface area contributed by atoms with E-state index in [0.717, 1.165) is 0 Å². The lowest BCUT2D eigenvalue weighted by atomic mass is 10.4. The molecular weight excluding hydrogens is 370 g/mol. The van der Waals surface area contributed by atoms with Gasteiger partial charge in [-0.3, -0.25) is 5.32 Å². The number of hydrogen-bond acceptors (Lipinski definition) is 10. The van der Waals surface area contributed by atoms with E-state index in [0.29, 0.717) is 10.1 Å². The largest absolute Gasteiger partial charge is 0.354 e. The second-order valence-electron chi connectivity index (χ2n) is 5.19. The molecule has 27 heavy (non-hydrogen) atoms. The Labute approximate surface area is 157 Å². The molecule has 0 aromatic carbocycles. The Morgan fingerprint density at radius 1 is 1.37 bits per heavy atom. The monoisotopic (exact) mass is 383 g/mol. The van der Waals surface area contributed by atoms with Gasteiger partial charge in [0, 0.05) is 26.5 Å². The van der Waals surface area contributed by atoms with Gasteiger partial charge < -0.3 is 10.6 Å². The Morgan fingerprint density at radius 2 is 2.11 bits per heavy atom. The van der Waals surface area contributed by atoms with Gasteiger partial charge in [-0.05, 0) is 6.07 Å². The van der Waals surface area contributed by atoms with E-state index < -0.39 is 6.03 Å². The van der Waals surface area contributed by atoms with Crippen LogP contribution in [0.15, 0.2) is 34.9 Å². The summed E-state index contributed by atoms with van der Waals surface area (Å²) in [6, 6.07) is 2.87. The minimum absolute atomic E-state index is 0.147. The Balaban J connectivity index is 2.03. The molecule has 0 aliphatic rings. The first-order valence-corrected chi connectivity index (χ1v) is 8.23. The first kappa shape index (κ1) is 17.9. The number of carbonyl (C=O) groups is 1. The number of carbonyl (C=O) groups excluding carboxylic acids is 1. The second-order valence-corrected chi connectivity index (χ2v) is 6.14. The molecule has 0 atom stereocenters. The van der Waals surface area contributed by atoms with Crippen molar-refractivity contribution in [2.45, 2.75) is 0 Å². The molecule has 0 aliphatic carbocycles. The van der Waals surface area contributed by atoms with Crippen molar-refractivity contribution in [2.75, 3.05) is 24.3 Å². The Kier molecular flexibility index (Phi) is 4.99.